The third-order valence-corrected chi connectivity index (χ3v) is 2.36. The van der Waals surface area contributed by atoms with Crippen molar-refractivity contribution in [3.63, 3.8) is 0 Å². The van der Waals surface area contributed by atoms with Gasteiger partial charge in [0.1, 0.15) is 5.75 Å². The Labute approximate surface area is 150 Å². The van der Waals surface area contributed by atoms with Gasteiger partial charge < -0.3 is 4.74 Å². The zero-order valence-corrected chi connectivity index (χ0v) is 14.2. The van der Waals surface area contributed by atoms with Crippen molar-refractivity contribution < 1.29 is 56.1 Å². The normalized spacial score (nSPS) is 9.14. The van der Waals surface area contributed by atoms with Gasteiger partial charge in [0.2, 0.25) is 4.38 Å². The molecule has 0 heterocycles. The molecule has 0 spiro atoms. The molecule has 1 aromatic carbocycles. The Balaban J connectivity index is 0.00000169. The Morgan fingerprint density at radius 3 is 2.14 bits per heavy atom. The molecule has 14 heavy (non-hydrogen) atoms. The summed E-state index contributed by atoms with van der Waals surface area (Å²) >= 11 is 25.6. The summed E-state index contributed by atoms with van der Waals surface area (Å²) in [6, 6.07) is 2.96. The number of halogens is 3. The molecule has 0 saturated carbocycles. The minimum Gasteiger partial charge on any atom is -0.439 e. The Morgan fingerprint density at radius 2 is 1.64 bits per heavy atom. The number of ether oxygens (including phenoxy) is 1. The molecule has 70 valence electrons. The molecule has 1 nitrogen and oxygen atoms in total. The van der Waals surface area contributed by atoms with Gasteiger partial charge in [-0.05, 0) is 18.3 Å². The van der Waals surface area contributed by atoms with Crippen molar-refractivity contribution in [2.24, 2.45) is 0 Å². The Bertz CT molecular complexity index is 359. The molecule has 0 fully saturated rings. The molecule has 0 atom stereocenters. The Hall–Kier alpha value is 1.97. The van der Waals surface area contributed by atoms with Gasteiger partial charge in [-0.3, -0.25) is 0 Å². The van der Waals surface area contributed by atoms with Gasteiger partial charge in [-0.1, -0.05) is 47.4 Å². The van der Waals surface area contributed by atoms with E-state index in [1.807, 2.05) is 0 Å². The van der Waals surface area contributed by atoms with E-state index in [1.165, 1.54) is 12.1 Å². The summed E-state index contributed by atoms with van der Waals surface area (Å²) in [5.74, 6) is 0.344. The molecule has 7 heteroatoms. The molecule has 0 aliphatic rings. The van der Waals surface area contributed by atoms with Crippen molar-refractivity contribution in [1.29, 1.82) is 0 Å². The summed E-state index contributed by atoms with van der Waals surface area (Å²) in [5.41, 5.74) is 0. The van der Waals surface area contributed by atoms with Crippen LogP contribution in [0.15, 0.2) is 12.1 Å². The molecular formula is C7H3Cl3KOS2+. The molecule has 1 rings (SSSR count). The van der Waals surface area contributed by atoms with Gasteiger partial charge in [0, 0.05) is 6.07 Å². The largest absolute Gasteiger partial charge is 1.00 e. The predicted octanol–water partition coefficient (Wildman–Crippen LogP) is 1.24. The van der Waals surface area contributed by atoms with Gasteiger partial charge in [-0.15, -0.1) is 0 Å². The minimum atomic E-state index is 0. The molecular weight excluding hydrogens is 310 g/mol. The number of thiol groups is 1. The topological polar surface area (TPSA) is 9.23 Å². The van der Waals surface area contributed by atoms with Crippen LogP contribution in [0.1, 0.15) is 0 Å². The zero-order chi connectivity index (χ0) is 10.0. The van der Waals surface area contributed by atoms with E-state index in [2.05, 4.69) is 24.8 Å². The summed E-state index contributed by atoms with van der Waals surface area (Å²) in [6.45, 7) is 0. The second kappa shape index (κ2) is 7.32. The van der Waals surface area contributed by atoms with E-state index in [0.717, 1.165) is 0 Å². The van der Waals surface area contributed by atoms with Crippen LogP contribution in [0.4, 0.5) is 0 Å². The first kappa shape index (κ1) is 16.0. The molecule has 0 unspecified atom stereocenters. The van der Waals surface area contributed by atoms with Crippen molar-refractivity contribution in [1.82, 2.24) is 0 Å². The average Bonchev–Trinajstić information content (AvgIpc) is 1.99. The maximum absolute atomic E-state index is 5.78. The predicted molar refractivity (Wildman–Crippen MR) is 63.7 cm³/mol. The van der Waals surface area contributed by atoms with E-state index in [-0.39, 0.29) is 55.8 Å². The Morgan fingerprint density at radius 1 is 1.14 bits per heavy atom. The van der Waals surface area contributed by atoms with Crippen molar-refractivity contribution in [3.05, 3.63) is 27.2 Å². The molecule has 0 bridgehead atoms. The van der Waals surface area contributed by atoms with Crippen LogP contribution in [0.25, 0.3) is 0 Å². The summed E-state index contributed by atoms with van der Waals surface area (Å²) in [6.07, 6.45) is 0. The first-order chi connectivity index (χ1) is 6.00. The van der Waals surface area contributed by atoms with Crippen LogP contribution in [0.2, 0.25) is 15.1 Å². The standard InChI is InChI=1S/C7H3Cl3OS2.K/c8-3-1-5(10)6(2-4(3)9)11-7(12)13;/h1-2H,(H,12,13);/q;+1. The van der Waals surface area contributed by atoms with Gasteiger partial charge in [0.15, 0.2) is 0 Å². The van der Waals surface area contributed by atoms with E-state index in [9.17, 15) is 0 Å². The maximum Gasteiger partial charge on any atom is 1.00 e. The van der Waals surface area contributed by atoms with E-state index in [4.69, 9.17) is 39.5 Å². The monoisotopic (exact) mass is 311 g/mol. The number of hydrogen-bond acceptors (Lipinski definition) is 2. The van der Waals surface area contributed by atoms with Gasteiger partial charge in [-0.2, -0.15) is 0 Å². The third kappa shape index (κ3) is 4.87. The second-order valence-electron chi connectivity index (χ2n) is 2.06. The molecule has 0 aliphatic carbocycles. The van der Waals surface area contributed by atoms with Gasteiger partial charge >= 0.3 is 51.4 Å². The molecule has 0 aliphatic heterocycles. The number of thiocarbonyl (C=S) groups is 1. The Kier molecular flexibility index (Phi) is 8.35. The molecule has 0 saturated heterocycles. The molecule has 1 aromatic rings. The zero-order valence-electron chi connectivity index (χ0n) is 7.05. The number of benzene rings is 1. The average molecular weight is 313 g/mol. The van der Waals surface area contributed by atoms with Crippen LogP contribution >= 0.6 is 59.6 Å². The van der Waals surface area contributed by atoms with Crippen molar-refractivity contribution in [3.8, 4) is 5.75 Å². The SMILES string of the molecule is S=C(S)Oc1cc(Cl)c(Cl)cc1Cl.[K+]. The van der Waals surface area contributed by atoms with Crippen LogP contribution in [0.5, 0.6) is 5.75 Å². The van der Waals surface area contributed by atoms with Crippen LogP contribution in [0.3, 0.4) is 0 Å². The summed E-state index contributed by atoms with van der Waals surface area (Å²) < 4.78 is 5.07. The fourth-order valence-electron chi connectivity index (χ4n) is 0.677. The van der Waals surface area contributed by atoms with Gasteiger partial charge in [0.05, 0.1) is 15.1 Å². The van der Waals surface area contributed by atoms with E-state index in [0.29, 0.717) is 20.8 Å². The number of hydrogen-bond donors (Lipinski definition) is 1. The van der Waals surface area contributed by atoms with Crippen molar-refractivity contribution in [2.45, 2.75) is 0 Å². The minimum absolute atomic E-state index is 0. The molecule has 0 amide bonds. The van der Waals surface area contributed by atoms with Gasteiger partial charge in [-0.25, -0.2) is 0 Å². The third-order valence-electron chi connectivity index (χ3n) is 1.17. The first-order valence-corrected chi connectivity index (χ1v) is 5.05. The smallest absolute Gasteiger partial charge is 0.439 e. The fourth-order valence-corrected chi connectivity index (χ4v) is 1.44. The van der Waals surface area contributed by atoms with Crippen LogP contribution in [-0.4, -0.2) is 4.38 Å². The van der Waals surface area contributed by atoms with E-state index >= 15 is 0 Å². The van der Waals surface area contributed by atoms with Crippen LogP contribution in [0, 0.1) is 0 Å². The van der Waals surface area contributed by atoms with Crippen molar-refractivity contribution in [2.75, 3.05) is 0 Å². The summed E-state index contributed by atoms with van der Waals surface area (Å²) in [5, 5.41) is 1.06. The quantitative estimate of drug-likeness (QED) is 0.362. The second-order valence-corrected chi connectivity index (χ2v) is 4.37. The van der Waals surface area contributed by atoms with Gasteiger partial charge in [0.25, 0.3) is 0 Å². The molecule has 0 radical (unpaired) electrons. The fraction of sp³-hybridized carbons (Fsp3) is 0. The van der Waals surface area contributed by atoms with Crippen molar-refractivity contribution >= 4 is 64.0 Å². The van der Waals surface area contributed by atoms with E-state index in [1.54, 1.807) is 0 Å². The van der Waals surface area contributed by atoms with Crippen LogP contribution < -0.4 is 56.1 Å². The van der Waals surface area contributed by atoms with Crippen LogP contribution in [-0.2, 0) is 0 Å². The summed E-state index contributed by atoms with van der Waals surface area (Å²) in [7, 11) is 0. The molecule has 0 aromatic heterocycles. The summed E-state index contributed by atoms with van der Waals surface area (Å²) in [4.78, 5) is 0. The first-order valence-electron chi connectivity index (χ1n) is 3.06. The number of rotatable bonds is 1. The van der Waals surface area contributed by atoms with E-state index < -0.39 is 0 Å². The maximum atomic E-state index is 5.78. The molecule has 0 N–H and O–H groups in total.